The van der Waals surface area contributed by atoms with E-state index in [9.17, 15) is 4.79 Å². The van der Waals surface area contributed by atoms with Gasteiger partial charge in [0, 0.05) is 23.4 Å². The fourth-order valence-electron chi connectivity index (χ4n) is 2.46. The number of Topliss-reactive ketones (excluding diaryl/α,β-unsaturated/α-hetero) is 1. The number of hydrogen-bond acceptors (Lipinski definition) is 2. The fraction of sp³-hybridized carbons (Fsp3) is 0.571. The highest BCUT2D eigenvalue weighted by atomic mass is 16.1. The van der Waals surface area contributed by atoms with Crippen molar-refractivity contribution in [1.82, 2.24) is 4.98 Å². The van der Waals surface area contributed by atoms with Gasteiger partial charge in [0.15, 0.2) is 5.78 Å². The number of carbonyl (C=O) groups is 1. The second-order valence-electron chi connectivity index (χ2n) is 5.01. The van der Waals surface area contributed by atoms with E-state index in [1.54, 1.807) is 6.20 Å². The zero-order chi connectivity index (χ0) is 11.5. The molecule has 1 heterocycles. The monoisotopic (exact) mass is 217 g/mol. The van der Waals surface area contributed by atoms with Gasteiger partial charge in [0.2, 0.25) is 0 Å². The van der Waals surface area contributed by atoms with Crippen molar-refractivity contribution in [3.05, 3.63) is 29.6 Å². The summed E-state index contributed by atoms with van der Waals surface area (Å²) < 4.78 is 0. The van der Waals surface area contributed by atoms with Crippen LogP contribution in [0.2, 0.25) is 0 Å². The highest BCUT2D eigenvalue weighted by molar-refractivity contribution is 5.97. The van der Waals surface area contributed by atoms with Gasteiger partial charge in [0.1, 0.15) is 0 Å². The van der Waals surface area contributed by atoms with Crippen molar-refractivity contribution in [2.75, 3.05) is 0 Å². The molecule has 2 heteroatoms. The molecule has 1 aliphatic carbocycles. The topological polar surface area (TPSA) is 30.0 Å². The average Bonchev–Trinajstić information content (AvgIpc) is 2.29. The maximum Gasteiger partial charge on any atom is 0.166 e. The van der Waals surface area contributed by atoms with E-state index >= 15 is 0 Å². The smallest absolute Gasteiger partial charge is 0.166 e. The quantitative estimate of drug-likeness (QED) is 0.711. The molecule has 1 aliphatic rings. The highest BCUT2D eigenvalue weighted by Crippen LogP contribution is 2.30. The molecule has 0 aromatic carbocycles. The van der Waals surface area contributed by atoms with Gasteiger partial charge in [-0.25, -0.2) is 0 Å². The molecule has 0 spiro atoms. The first kappa shape index (κ1) is 11.3. The van der Waals surface area contributed by atoms with Crippen LogP contribution in [0.15, 0.2) is 18.3 Å². The summed E-state index contributed by atoms with van der Waals surface area (Å²) in [6.07, 6.45) is 6.23. The molecule has 0 unspecified atom stereocenters. The highest BCUT2D eigenvalue weighted by Gasteiger charge is 2.25. The zero-order valence-electron chi connectivity index (χ0n) is 10.1. The molecule has 0 bridgehead atoms. The third kappa shape index (κ3) is 2.49. The predicted octanol–water partition coefficient (Wildman–Crippen LogP) is 3.40. The van der Waals surface area contributed by atoms with Crippen LogP contribution in [0.1, 0.15) is 48.7 Å². The van der Waals surface area contributed by atoms with Crippen LogP contribution in [0.4, 0.5) is 0 Å². The summed E-state index contributed by atoms with van der Waals surface area (Å²) in [6.45, 7) is 4.21. The van der Waals surface area contributed by atoms with Gasteiger partial charge >= 0.3 is 0 Å². The zero-order valence-corrected chi connectivity index (χ0v) is 10.1. The lowest BCUT2D eigenvalue weighted by Gasteiger charge is -2.25. The second kappa shape index (κ2) is 4.77. The van der Waals surface area contributed by atoms with E-state index in [0.29, 0.717) is 5.78 Å². The Balaban J connectivity index is 2.08. The number of rotatable bonds is 2. The van der Waals surface area contributed by atoms with E-state index in [1.165, 1.54) is 12.8 Å². The third-order valence-corrected chi connectivity index (χ3v) is 3.57. The summed E-state index contributed by atoms with van der Waals surface area (Å²) in [7, 11) is 0. The Hall–Kier alpha value is -1.18. The molecule has 1 aromatic rings. The van der Waals surface area contributed by atoms with Crippen molar-refractivity contribution in [1.29, 1.82) is 0 Å². The first-order chi connectivity index (χ1) is 7.66. The largest absolute Gasteiger partial charge is 0.294 e. The van der Waals surface area contributed by atoms with Gasteiger partial charge in [-0.05, 0) is 37.8 Å². The van der Waals surface area contributed by atoms with Crippen LogP contribution < -0.4 is 0 Å². The number of hydrogen-bond donors (Lipinski definition) is 0. The van der Waals surface area contributed by atoms with Crippen molar-refractivity contribution in [2.45, 2.75) is 39.5 Å². The molecule has 16 heavy (non-hydrogen) atoms. The molecular weight excluding hydrogens is 198 g/mol. The molecule has 0 amide bonds. The molecule has 2 rings (SSSR count). The molecule has 0 aliphatic heterocycles. The Bertz CT molecular complexity index is 378. The summed E-state index contributed by atoms with van der Waals surface area (Å²) in [4.78, 5) is 16.4. The number of carbonyl (C=O) groups excluding carboxylic acids is 1. The summed E-state index contributed by atoms with van der Waals surface area (Å²) in [5.74, 6) is 1.36. The van der Waals surface area contributed by atoms with Crippen LogP contribution in [0.25, 0.3) is 0 Å². The minimum Gasteiger partial charge on any atom is -0.294 e. The standard InChI is InChI=1S/C14H19NO/c1-10-3-5-12(6-4-10)14(16)13-7-8-15-11(2)9-13/h7-10,12H,3-6H2,1-2H3. The minimum atomic E-state index is 0.248. The molecule has 2 nitrogen and oxygen atoms in total. The first-order valence-electron chi connectivity index (χ1n) is 6.13. The van der Waals surface area contributed by atoms with Gasteiger partial charge in [0.05, 0.1) is 0 Å². The molecule has 0 atom stereocenters. The van der Waals surface area contributed by atoms with E-state index in [0.717, 1.165) is 30.0 Å². The van der Waals surface area contributed by atoms with E-state index in [-0.39, 0.29) is 5.92 Å². The number of aryl methyl sites for hydroxylation is 1. The molecule has 0 radical (unpaired) electrons. The lowest BCUT2D eigenvalue weighted by atomic mass is 9.79. The Kier molecular flexibility index (Phi) is 3.37. The van der Waals surface area contributed by atoms with E-state index in [1.807, 2.05) is 19.1 Å². The lowest BCUT2D eigenvalue weighted by Crippen LogP contribution is -2.21. The summed E-state index contributed by atoms with van der Waals surface area (Å²) in [6, 6.07) is 3.74. The SMILES string of the molecule is Cc1cc(C(=O)C2CCC(C)CC2)ccn1. The van der Waals surface area contributed by atoms with Gasteiger partial charge in [-0.2, -0.15) is 0 Å². The van der Waals surface area contributed by atoms with Crippen LogP contribution in [0.3, 0.4) is 0 Å². The minimum absolute atomic E-state index is 0.248. The van der Waals surface area contributed by atoms with Crippen molar-refractivity contribution < 1.29 is 4.79 Å². The normalized spacial score (nSPS) is 25.4. The molecular formula is C14H19NO. The van der Waals surface area contributed by atoms with Gasteiger partial charge in [-0.3, -0.25) is 9.78 Å². The second-order valence-corrected chi connectivity index (χ2v) is 5.01. The molecule has 0 saturated heterocycles. The first-order valence-corrected chi connectivity index (χ1v) is 6.13. The van der Waals surface area contributed by atoms with Gasteiger partial charge in [-0.1, -0.05) is 19.8 Å². The molecule has 1 saturated carbocycles. The summed E-state index contributed by atoms with van der Waals surface area (Å²) >= 11 is 0. The maximum atomic E-state index is 12.2. The van der Waals surface area contributed by atoms with Gasteiger partial charge < -0.3 is 0 Å². The Morgan fingerprint density at radius 1 is 1.31 bits per heavy atom. The summed E-state index contributed by atoms with van der Waals surface area (Å²) in [5, 5.41) is 0. The van der Waals surface area contributed by atoms with Crippen molar-refractivity contribution in [2.24, 2.45) is 11.8 Å². The van der Waals surface area contributed by atoms with Crippen LogP contribution in [0, 0.1) is 18.8 Å². The summed E-state index contributed by atoms with van der Waals surface area (Å²) in [5.41, 5.74) is 1.77. The predicted molar refractivity (Wildman–Crippen MR) is 64.4 cm³/mol. The number of nitrogens with zero attached hydrogens (tertiary/aromatic N) is 1. The fourth-order valence-corrected chi connectivity index (χ4v) is 2.46. The lowest BCUT2D eigenvalue weighted by molar-refractivity contribution is 0.0875. The molecule has 1 fully saturated rings. The molecule has 0 N–H and O–H groups in total. The maximum absolute atomic E-state index is 12.2. The third-order valence-electron chi connectivity index (χ3n) is 3.57. The number of ketones is 1. The number of pyridine rings is 1. The van der Waals surface area contributed by atoms with Crippen molar-refractivity contribution in [3.8, 4) is 0 Å². The average molecular weight is 217 g/mol. The van der Waals surface area contributed by atoms with E-state index in [2.05, 4.69) is 11.9 Å². The molecule has 1 aromatic heterocycles. The van der Waals surface area contributed by atoms with Crippen molar-refractivity contribution >= 4 is 5.78 Å². The molecule has 86 valence electrons. The Labute approximate surface area is 97.1 Å². The van der Waals surface area contributed by atoms with E-state index < -0.39 is 0 Å². The van der Waals surface area contributed by atoms with Gasteiger partial charge in [-0.15, -0.1) is 0 Å². The van der Waals surface area contributed by atoms with Crippen LogP contribution in [-0.2, 0) is 0 Å². The van der Waals surface area contributed by atoms with E-state index in [4.69, 9.17) is 0 Å². The number of aromatic nitrogens is 1. The van der Waals surface area contributed by atoms with Gasteiger partial charge in [0.25, 0.3) is 0 Å². The van der Waals surface area contributed by atoms with Crippen LogP contribution >= 0.6 is 0 Å². The van der Waals surface area contributed by atoms with Crippen LogP contribution in [0.5, 0.6) is 0 Å². The van der Waals surface area contributed by atoms with Crippen molar-refractivity contribution in [3.63, 3.8) is 0 Å². The Morgan fingerprint density at radius 2 is 2.00 bits per heavy atom. The Morgan fingerprint density at radius 3 is 2.62 bits per heavy atom. The van der Waals surface area contributed by atoms with Crippen LogP contribution in [-0.4, -0.2) is 10.8 Å².